The molecule has 0 saturated heterocycles. The molecule has 0 unspecified atom stereocenters. The van der Waals surface area contributed by atoms with E-state index < -0.39 is 9.84 Å². The van der Waals surface area contributed by atoms with Gasteiger partial charge in [0.1, 0.15) is 0 Å². The van der Waals surface area contributed by atoms with E-state index in [0.29, 0.717) is 5.69 Å². The molecule has 0 radical (unpaired) electrons. The van der Waals surface area contributed by atoms with Gasteiger partial charge >= 0.3 is 0 Å². The summed E-state index contributed by atoms with van der Waals surface area (Å²) >= 11 is 1.44. The summed E-state index contributed by atoms with van der Waals surface area (Å²) in [5, 5.41) is 2.71. The van der Waals surface area contributed by atoms with Crippen molar-refractivity contribution in [1.29, 1.82) is 0 Å². The first-order valence-electron chi connectivity index (χ1n) is 6.64. The monoisotopic (exact) mass is 335 g/mol. The van der Waals surface area contributed by atoms with Crippen LogP contribution in [0.15, 0.2) is 58.3 Å². The van der Waals surface area contributed by atoms with Crippen molar-refractivity contribution < 1.29 is 13.2 Å². The molecular weight excluding hydrogens is 318 g/mol. The number of hydrogen-bond donors (Lipinski definition) is 1. The maximum absolute atomic E-state index is 11.9. The van der Waals surface area contributed by atoms with Crippen molar-refractivity contribution in [2.24, 2.45) is 0 Å². The molecule has 2 rings (SSSR count). The molecule has 0 fully saturated rings. The highest BCUT2D eigenvalue weighted by Crippen LogP contribution is 2.19. The zero-order chi connectivity index (χ0) is 16.2. The van der Waals surface area contributed by atoms with E-state index in [4.69, 9.17) is 0 Å². The van der Waals surface area contributed by atoms with Gasteiger partial charge in [-0.25, -0.2) is 8.42 Å². The minimum atomic E-state index is -3.28. The van der Waals surface area contributed by atoms with Gasteiger partial charge in [0.15, 0.2) is 9.84 Å². The number of aryl methyl sites for hydroxylation is 1. The highest BCUT2D eigenvalue weighted by atomic mass is 32.2. The number of amides is 1. The van der Waals surface area contributed by atoms with Gasteiger partial charge in [-0.3, -0.25) is 4.79 Å². The lowest BCUT2D eigenvalue weighted by molar-refractivity contribution is -0.113. The van der Waals surface area contributed by atoms with E-state index in [0.717, 1.165) is 11.2 Å². The van der Waals surface area contributed by atoms with Gasteiger partial charge in [-0.15, -0.1) is 11.8 Å². The minimum Gasteiger partial charge on any atom is -0.325 e. The van der Waals surface area contributed by atoms with Gasteiger partial charge in [0.2, 0.25) is 5.91 Å². The van der Waals surface area contributed by atoms with Crippen molar-refractivity contribution in [3.63, 3.8) is 0 Å². The van der Waals surface area contributed by atoms with Gasteiger partial charge in [-0.05, 0) is 37.3 Å². The lowest BCUT2D eigenvalue weighted by Crippen LogP contribution is -2.14. The molecule has 0 heterocycles. The minimum absolute atomic E-state index is 0.170. The molecule has 0 spiro atoms. The van der Waals surface area contributed by atoms with Gasteiger partial charge in [0, 0.05) is 16.8 Å². The van der Waals surface area contributed by atoms with Gasteiger partial charge in [0.05, 0.1) is 10.6 Å². The van der Waals surface area contributed by atoms with Crippen molar-refractivity contribution in [2.75, 3.05) is 17.3 Å². The van der Waals surface area contributed by atoms with Crippen molar-refractivity contribution in [3.8, 4) is 0 Å². The summed E-state index contributed by atoms with van der Waals surface area (Å²) in [5.74, 6) is 0.0998. The molecular formula is C16H17NO3S2. The molecule has 4 nitrogen and oxygen atoms in total. The fourth-order valence-electron chi connectivity index (χ4n) is 1.78. The van der Waals surface area contributed by atoms with Crippen molar-refractivity contribution in [1.82, 2.24) is 0 Å². The SMILES string of the molecule is Cc1ccc(SCC(=O)Nc2cccc(S(C)(=O)=O)c2)cc1. The Morgan fingerprint density at radius 3 is 2.45 bits per heavy atom. The number of benzene rings is 2. The third kappa shape index (κ3) is 4.89. The second kappa shape index (κ2) is 6.98. The van der Waals surface area contributed by atoms with Crippen LogP contribution < -0.4 is 5.32 Å². The smallest absolute Gasteiger partial charge is 0.234 e. The van der Waals surface area contributed by atoms with Crippen LogP contribution in [0.3, 0.4) is 0 Å². The number of anilines is 1. The van der Waals surface area contributed by atoms with Crippen LogP contribution in [0.1, 0.15) is 5.56 Å². The third-order valence-electron chi connectivity index (χ3n) is 2.94. The van der Waals surface area contributed by atoms with Gasteiger partial charge in [-0.1, -0.05) is 23.8 Å². The first-order valence-corrected chi connectivity index (χ1v) is 9.52. The summed E-state index contributed by atoms with van der Waals surface area (Å²) in [4.78, 5) is 13.1. The number of carbonyl (C=O) groups is 1. The maximum Gasteiger partial charge on any atom is 0.234 e. The Labute approximate surface area is 134 Å². The van der Waals surface area contributed by atoms with E-state index in [1.165, 1.54) is 29.5 Å². The van der Waals surface area contributed by atoms with Crippen LogP contribution >= 0.6 is 11.8 Å². The van der Waals surface area contributed by atoms with E-state index in [2.05, 4.69) is 5.32 Å². The Kier molecular flexibility index (Phi) is 5.26. The van der Waals surface area contributed by atoms with E-state index in [1.54, 1.807) is 12.1 Å². The number of thioether (sulfide) groups is 1. The van der Waals surface area contributed by atoms with E-state index in [1.807, 2.05) is 31.2 Å². The topological polar surface area (TPSA) is 63.2 Å². The molecule has 116 valence electrons. The van der Waals surface area contributed by atoms with Gasteiger partial charge in [0.25, 0.3) is 0 Å². The van der Waals surface area contributed by atoms with Gasteiger partial charge in [-0.2, -0.15) is 0 Å². The molecule has 0 aromatic heterocycles. The number of sulfone groups is 1. The Morgan fingerprint density at radius 2 is 1.82 bits per heavy atom. The largest absolute Gasteiger partial charge is 0.325 e. The van der Waals surface area contributed by atoms with Crippen molar-refractivity contribution in [3.05, 3.63) is 54.1 Å². The predicted molar refractivity (Wildman–Crippen MR) is 90.1 cm³/mol. The molecule has 0 bridgehead atoms. The fraction of sp³-hybridized carbons (Fsp3) is 0.188. The summed E-state index contributed by atoms with van der Waals surface area (Å²) < 4.78 is 23.0. The average molecular weight is 335 g/mol. The van der Waals surface area contributed by atoms with Gasteiger partial charge < -0.3 is 5.32 Å². The molecule has 6 heteroatoms. The summed E-state index contributed by atoms with van der Waals surface area (Å²) in [6, 6.07) is 14.2. The van der Waals surface area contributed by atoms with Crippen LogP contribution in [0.5, 0.6) is 0 Å². The van der Waals surface area contributed by atoms with Crippen molar-refractivity contribution in [2.45, 2.75) is 16.7 Å². The van der Waals surface area contributed by atoms with E-state index in [9.17, 15) is 13.2 Å². The number of rotatable bonds is 5. The lowest BCUT2D eigenvalue weighted by Gasteiger charge is -2.07. The summed E-state index contributed by atoms with van der Waals surface area (Å²) in [6.45, 7) is 2.01. The van der Waals surface area contributed by atoms with Crippen LogP contribution in [-0.4, -0.2) is 26.3 Å². The average Bonchev–Trinajstić information content (AvgIpc) is 2.46. The van der Waals surface area contributed by atoms with E-state index >= 15 is 0 Å². The first-order chi connectivity index (χ1) is 10.3. The lowest BCUT2D eigenvalue weighted by atomic mass is 10.2. The molecule has 2 aromatic carbocycles. The van der Waals surface area contributed by atoms with Crippen LogP contribution in [0.25, 0.3) is 0 Å². The van der Waals surface area contributed by atoms with Crippen molar-refractivity contribution >= 4 is 33.2 Å². The molecule has 0 aliphatic carbocycles. The Bertz CT molecular complexity index is 768. The molecule has 0 atom stereocenters. The summed E-state index contributed by atoms with van der Waals surface area (Å²) in [7, 11) is -3.28. The molecule has 0 aliphatic heterocycles. The fourth-order valence-corrected chi connectivity index (χ4v) is 3.15. The number of nitrogens with one attached hydrogen (secondary N) is 1. The Hall–Kier alpha value is -1.79. The first kappa shape index (κ1) is 16.6. The Morgan fingerprint density at radius 1 is 1.14 bits per heavy atom. The zero-order valence-corrected chi connectivity index (χ0v) is 14.0. The summed E-state index contributed by atoms with van der Waals surface area (Å²) in [5.41, 5.74) is 1.66. The van der Waals surface area contributed by atoms with Crippen LogP contribution in [-0.2, 0) is 14.6 Å². The molecule has 0 saturated carbocycles. The standard InChI is InChI=1S/C16H17NO3S2/c1-12-6-8-14(9-7-12)21-11-16(18)17-13-4-3-5-15(10-13)22(2,19)20/h3-10H,11H2,1-2H3,(H,17,18). The molecule has 1 amide bonds. The number of hydrogen-bond acceptors (Lipinski definition) is 4. The normalized spacial score (nSPS) is 11.2. The predicted octanol–water partition coefficient (Wildman–Crippen LogP) is 3.13. The zero-order valence-electron chi connectivity index (χ0n) is 12.4. The summed E-state index contributed by atoms with van der Waals surface area (Å²) in [6.07, 6.45) is 1.14. The second-order valence-corrected chi connectivity index (χ2v) is 8.01. The third-order valence-corrected chi connectivity index (χ3v) is 5.06. The highest BCUT2D eigenvalue weighted by molar-refractivity contribution is 8.00. The maximum atomic E-state index is 11.9. The molecule has 0 aliphatic rings. The quantitative estimate of drug-likeness (QED) is 0.853. The molecule has 1 N–H and O–H groups in total. The van der Waals surface area contributed by atoms with Crippen LogP contribution in [0.2, 0.25) is 0 Å². The van der Waals surface area contributed by atoms with Crippen LogP contribution in [0.4, 0.5) is 5.69 Å². The van der Waals surface area contributed by atoms with Crippen LogP contribution in [0, 0.1) is 6.92 Å². The molecule has 2 aromatic rings. The second-order valence-electron chi connectivity index (χ2n) is 4.95. The molecule has 22 heavy (non-hydrogen) atoms. The number of carbonyl (C=O) groups excluding carboxylic acids is 1. The Balaban J connectivity index is 1.96. The highest BCUT2D eigenvalue weighted by Gasteiger charge is 2.09. The van der Waals surface area contributed by atoms with E-state index in [-0.39, 0.29) is 16.6 Å².